The minimum absolute atomic E-state index is 0. The fourth-order valence-corrected chi connectivity index (χ4v) is 4.92. The zero-order valence-corrected chi connectivity index (χ0v) is 16.1. The SMILES string of the molecule is CCc1ccccc1N1CC(C(=O)N2CC3CCC(N)C3C2)CC1=O.Cl. The number of halogens is 1. The summed E-state index contributed by atoms with van der Waals surface area (Å²) in [4.78, 5) is 29.3. The van der Waals surface area contributed by atoms with Crippen LogP contribution in [0.5, 0.6) is 0 Å². The van der Waals surface area contributed by atoms with Crippen molar-refractivity contribution in [2.45, 2.75) is 38.6 Å². The molecule has 2 amide bonds. The van der Waals surface area contributed by atoms with Crippen LogP contribution in [0.2, 0.25) is 0 Å². The standard InChI is InChI=1S/C20H27N3O2.ClH/c1-2-13-5-3-4-6-18(13)23-11-15(9-19(23)24)20(25)22-10-14-7-8-17(21)16(14)12-22;/h3-6,14-17H,2,7-12,21H2,1H3;1H. The van der Waals surface area contributed by atoms with Gasteiger partial charge in [-0.15, -0.1) is 12.4 Å². The molecular formula is C20H28ClN3O2. The highest BCUT2D eigenvalue weighted by Crippen LogP contribution is 2.38. The number of likely N-dealkylation sites (tertiary alicyclic amines) is 1. The smallest absolute Gasteiger partial charge is 0.228 e. The highest BCUT2D eigenvalue weighted by atomic mass is 35.5. The lowest BCUT2D eigenvalue weighted by Gasteiger charge is -2.23. The van der Waals surface area contributed by atoms with Gasteiger partial charge in [0, 0.05) is 37.8 Å². The third-order valence-corrected chi connectivity index (χ3v) is 6.36. The average Bonchev–Trinajstić information content (AvgIpc) is 3.30. The Kier molecular flexibility index (Phi) is 5.58. The molecule has 2 N–H and O–H groups in total. The van der Waals surface area contributed by atoms with Crippen LogP contribution in [0.15, 0.2) is 24.3 Å². The second-order valence-corrected chi connectivity index (χ2v) is 7.80. The Morgan fingerprint density at radius 2 is 1.96 bits per heavy atom. The number of nitrogens with zero attached hydrogens (tertiary/aromatic N) is 2. The first kappa shape index (κ1) is 19.2. The van der Waals surface area contributed by atoms with E-state index in [1.165, 1.54) is 0 Å². The molecule has 0 aromatic heterocycles. The van der Waals surface area contributed by atoms with Gasteiger partial charge in [-0.25, -0.2) is 0 Å². The molecule has 1 aliphatic carbocycles. The van der Waals surface area contributed by atoms with Crippen molar-refractivity contribution in [3.8, 4) is 0 Å². The topological polar surface area (TPSA) is 66.6 Å². The number of fused-ring (bicyclic) bond motifs is 1. The molecule has 3 aliphatic rings. The van der Waals surface area contributed by atoms with Gasteiger partial charge in [0.2, 0.25) is 11.8 Å². The summed E-state index contributed by atoms with van der Waals surface area (Å²) in [6.07, 6.45) is 3.43. The van der Waals surface area contributed by atoms with E-state index in [4.69, 9.17) is 5.73 Å². The van der Waals surface area contributed by atoms with Crippen LogP contribution in [-0.4, -0.2) is 42.4 Å². The van der Waals surface area contributed by atoms with E-state index in [-0.39, 0.29) is 36.2 Å². The third kappa shape index (κ3) is 3.23. The van der Waals surface area contributed by atoms with E-state index in [1.807, 2.05) is 28.0 Å². The van der Waals surface area contributed by atoms with Crippen LogP contribution >= 0.6 is 12.4 Å². The van der Waals surface area contributed by atoms with E-state index >= 15 is 0 Å². The Morgan fingerprint density at radius 1 is 1.19 bits per heavy atom. The van der Waals surface area contributed by atoms with Gasteiger partial charge in [0.05, 0.1) is 5.92 Å². The van der Waals surface area contributed by atoms with Gasteiger partial charge in [0.15, 0.2) is 0 Å². The van der Waals surface area contributed by atoms with Crippen LogP contribution in [0.3, 0.4) is 0 Å². The number of rotatable bonds is 3. The summed E-state index contributed by atoms with van der Waals surface area (Å²) in [5.74, 6) is 1.01. The summed E-state index contributed by atoms with van der Waals surface area (Å²) in [7, 11) is 0. The quantitative estimate of drug-likeness (QED) is 0.878. The van der Waals surface area contributed by atoms with Crippen molar-refractivity contribution in [2.24, 2.45) is 23.5 Å². The summed E-state index contributed by atoms with van der Waals surface area (Å²) < 4.78 is 0. The van der Waals surface area contributed by atoms with E-state index in [1.54, 1.807) is 0 Å². The Morgan fingerprint density at radius 3 is 2.69 bits per heavy atom. The second kappa shape index (κ2) is 7.57. The fraction of sp³-hybridized carbons (Fsp3) is 0.600. The number of benzene rings is 1. The van der Waals surface area contributed by atoms with E-state index in [0.717, 1.165) is 43.6 Å². The minimum atomic E-state index is -0.215. The van der Waals surface area contributed by atoms with Gasteiger partial charge in [0.25, 0.3) is 0 Å². The van der Waals surface area contributed by atoms with E-state index in [2.05, 4.69) is 13.0 Å². The molecule has 26 heavy (non-hydrogen) atoms. The van der Waals surface area contributed by atoms with Crippen LogP contribution < -0.4 is 10.6 Å². The Bertz CT molecular complexity index is 695. The van der Waals surface area contributed by atoms with Gasteiger partial charge < -0.3 is 15.5 Å². The average molecular weight is 378 g/mol. The van der Waals surface area contributed by atoms with Gasteiger partial charge in [-0.3, -0.25) is 9.59 Å². The van der Waals surface area contributed by atoms with Gasteiger partial charge in [-0.05, 0) is 42.7 Å². The van der Waals surface area contributed by atoms with Crippen LogP contribution in [0.4, 0.5) is 5.69 Å². The maximum atomic E-state index is 13.0. The monoisotopic (exact) mass is 377 g/mol. The molecule has 2 aliphatic heterocycles. The van der Waals surface area contributed by atoms with Crippen molar-refractivity contribution >= 4 is 29.9 Å². The number of carbonyl (C=O) groups is 2. The molecule has 0 bridgehead atoms. The first-order chi connectivity index (χ1) is 12.1. The lowest BCUT2D eigenvalue weighted by molar-refractivity contribution is -0.135. The maximum absolute atomic E-state index is 13.0. The van der Waals surface area contributed by atoms with Crippen LogP contribution in [0.25, 0.3) is 0 Å². The van der Waals surface area contributed by atoms with Crippen molar-refractivity contribution in [1.29, 1.82) is 0 Å². The Balaban J connectivity index is 0.00000196. The molecule has 4 rings (SSSR count). The van der Waals surface area contributed by atoms with Crippen LogP contribution in [0.1, 0.15) is 31.7 Å². The molecule has 0 radical (unpaired) electrons. The molecular weight excluding hydrogens is 350 g/mol. The Hall–Kier alpha value is -1.59. The number of nitrogens with two attached hydrogens (primary N) is 1. The molecule has 4 atom stereocenters. The first-order valence-electron chi connectivity index (χ1n) is 9.51. The van der Waals surface area contributed by atoms with E-state index in [0.29, 0.717) is 24.8 Å². The normalized spacial score (nSPS) is 30.5. The molecule has 3 fully saturated rings. The number of hydrogen-bond donors (Lipinski definition) is 1. The zero-order valence-electron chi connectivity index (χ0n) is 15.3. The molecule has 6 heteroatoms. The van der Waals surface area contributed by atoms with Gasteiger partial charge in [-0.1, -0.05) is 25.1 Å². The van der Waals surface area contributed by atoms with Crippen molar-refractivity contribution < 1.29 is 9.59 Å². The molecule has 4 unspecified atom stereocenters. The second-order valence-electron chi connectivity index (χ2n) is 7.80. The van der Waals surface area contributed by atoms with Crippen molar-refractivity contribution in [3.63, 3.8) is 0 Å². The number of para-hydroxylation sites is 1. The largest absolute Gasteiger partial charge is 0.342 e. The molecule has 5 nitrogen and oxygen atoms in total. The molecule has 2 heterocycles. The summed E-state index contributed by atoms with van der Waals surface area (Å²) >= 11 is 0. The van der Waals surface area contributed by atoms with Crippen LogP contribution in [-0.2, 0) is 16.0 Å². The highest BCUT2D eigenvalue weighted by Gasteiger charge is 2.45. The third-order valence-electron chi connectivity index (χ3n) is 6.36. The van der Waals surface area contributed by atoms with Crippen LogP contribution in [0, 0.1) is 17.8 Å². The van der Waals surface area contributed by atoms with Gasteiger partial charge in [0.1, 0.15) is 0 Å². The summed E-state index contributed by atoms with van der Waals surface area (Å²) in [6, 6.07) is 8.24. The lowest BCUT2D eigenvalue weighted by Crippen LogP contribution is -2.38. The summed E-state index contributed by atoms with van der Waals surface area (Å²) in [5.41, 5.74) is 8.31. The molecule has 0 spiro atoms. The number of amides is 2. The molecule has 1 saturated carbocycles. The Labute approximate surface area is 161 Å². The summed E-state index contributed by atoms with van der Waals surface area (Å²) in [6.45, 7) is 4.20. The van der Waals surface area contributed by atoms with Crippen molar-refractivity contribution in [3.05, 3.63) is 29.8 Å². The number of anilines is 1. The lowest BCUT2D eigenvalue weighted by atomic mass is 9.98. The maximum Gasteiger partial charge on any atom is 0.228 e. The fourth-order valence-electron chi connectivity index (χ4n) is 4.92. The molecule has 1 aromatic carbocycles. The zero-order chi connectivity index (χ0) is 17.6. The predicted octanol–water partition coefficient (Wildman–Crippen LogP) is 2.22. The van der Waals surface area contributed by atoms with E-state index in [9.17, 15) is 9.59 Å². The molecule has 2 saturated heterocycles. The van der Waals surface area contributed by atoms with Crippen molar-refractivity contribution in [2.75, 3.05) is 24.5 Å². The van der Waals surface area contributed by atoms with E-state index < -0.39 is 0 Å². The highest BCUT2D eigenvalue weighted by molar-refractivity contribution is 6.00. The predicted molar refractivity (Wildman–Crippen MR) is 104 cm³/mol. The number of hydrogen-bond acceptors (Lipinski definition) is 3. The number of aryl methyl sites for hydroxylation is 1. The summed E-state index contributed by atoms with van der Waals surface area (Å²) in [5, 5.41) is 0. The first-order valence-corrected chi connectivity index (χ1v) is 9.51. The minimum Gasteiger partial charge on any atom is -0.342 e. The van der Waals surface area contributed by atoms with Gasteiger partial charge >= 0.3 is 0 Å². The molecule has 142 valence electrons. The van der Waals surface area contributed by atoms with Gasteiger partial charge in [-0.2, -0.15) is 0 Å². The number of carbonyl (C=O) groups excluding carboxylic acids is 2. The van der Waals surface area contributed by atoms with Crippen molar-refractivity contribution in [1.82, 2.24) is 4.90 Å². The molecule has 1 aromatic rings.